The maximum absolute atomic E-state index is 12.4. The highest BCUT2D eigenvalue weighted by atomic mass is 32.2. The largest absolute Gasteiger partial charge is 0.379 e. The van der Waals surface area contributed by atoms with Gasteiger partial charge in [0.2, 0.25) is 15.9 Å². The Kier molecular flexibility index (Phi) is 7.57. The lowest BCUT2D eigenvalue weighted by Crippen LogP contribution is -2.30. The van der Waals surface area contributed by atoms with Crippen LogP contribution in [0.4, 0.5) is 5.69 Å². The fraction of sp³-hybridized carbons (Fsp3) is 0.611. The van der Waals surface area contributed by atoms with Gasteiger partial charge in [0.05, 0.1) is 18.1 Å². The highest BCUT2D eigenvalue weighted by Crippen LogP contribution is 2.30. The molecule has 0 atom stereocenters. The Morgan fingerprint density at radius 2 is 2.00 bits per heavy atom. The first-order valence-corrected chi connectivity index (χ1v) is 10.6. The number of nitrogens with one attached hydrogen (secondary N) is 1. The summed E-state index contributed by atoms with van der Waals surface area (Å²) < 4.78 is 32.9. The van der Waals surface area contributed by atoms with Gasteiger partial charge in [-0.2, -0.15) is 0 Å². The van der Waals surface area contributed by atoms with Crippen molar-refractivity contribution in [1.29, 1.82) is 0 Å². The van der Waals surface area contributed by atoms with Crippen molar-refractivity contribution in [2.45, 2.75) is 32.1 Å². The van der Waals surface area contributed by atoms with Crippen LogP contribution in [0.3, 0.4) is 0 Å². The van der Waals surface area contributed by atoms with E-state index in [1.54, 1.807) is 23.1 Å². The Balaban J connectivity index is 1.84. The minimum absolute atomic E-state index is 0.0284. The number of carbonyl (C=O) groups excluding carboxylic acids is 1. The first-order valence-electron chi connectivity index (χ1n) is 9.09. The molecule has 1 heterocycles. The summed E-state index contributed by atoms with van der Waals surface area (Å²) in [5, 5.41) is 0. The second-order valence-corrected chi connectivity index (χ2v) is 8.02. The van der Waals surface area contributed by atoms with Crippen LogP contribution < -0.4 is 9.62 Å². The molecule has 0 aliphatic carbocycles. The average Bonchev–Trinajstić information content (AvgIpc) is 3.04. The molecule has 0 spiro atoms. The highest BCUT2D eigenvalue weighted by Gasteiger charge is 2.24. The van der Waals surface area contributed by atoms with Gasteiger partial charge in [-0.1, -0.05) is 13.8 Å². The highest BCUT2D eigenvalue weighted by molar-refractivity contribution is 7.89. The number of ether oxygens (including phenoxy) is 1. The minimum Gasteiger partial charge on any atom is -0.379 e. The van der Waals surface area contributed by atoms with Gasteiger partial charge in [0.15, 0.2) is 0 Å². The molecule has 1 aliphatic rings. The molecule has 0 saturated heterocycles. The Morgan fingerprint density at radius 3 is 2.65 bits per heavy atom. The van der Waals surface area contributed by atoms with E-state index in [2.05, 4.69) is 23.5 Å². The summed E-state index contributed by atoms with van der Waals surface area (Å²) in [6, 6.07) is 4.91. The van der Waals surface area contributed by atoms with Crippen molar-refractivity contribution in [2.75, 3.05) is 50.8 Å². The number of benzene rings is 1. The fourth-order valence-corrected chi connectivity index (χ4v) is 4.10. The van der Waals surface area contributed by atoms with Gasteiger partial charge in [-0.25, -0.2) is 13.1 Å². The third-order valence-corrected chi connectivity index (χ3v) is 6.08. The van der Waals surface area contributed by atoms with E-state index in [0.717, 1.165) is 30.9 Å². The van der Waals surface area contributed by atoms with E-state index in [-0.39, 0.29) is 17.3 Å². The standard InChI is InChI=1S/C18H29N3O4S/c1-4-20(5-2)11-13-25-12-9-19-26(23,24)17-6-7-18-16(14-17)8-10-21(18)15(3)22/h6-7,14,19H,4-5,8-13H2,1-3H3. The molecule has 0 bridgehead atoms. The third-order valence-electron chi connectivity index (χ3n) is 4.62. The number of nitrogens with zero attached hydrogens (tertiary/aromatic N) is 2. The van der Waals surface area contributed by atoms with Crippen molar-refractivity contribution in [1.82, 2.24) is 9.62 Å². The number of hydrogen-bond donors (Lipinski definition) is 1. The minimum atomic E-state index is -3.58. The first-order chi connectivity index (χ1) is 12.4. The molecule has 0 unspecified atom stereocenters. The van der Waals surface area contributed by atoms with Gasteiger partial charge in [-0.3, -0.25) is 4.79 Å². The van der Waals surface area contributed by atoms with E-state index in [4.69, 9.17) is 4.74 Å². The quantitative estimate of drug-likeness (QED) is 0.615. The van der Waals surface area contributed by atoms with E-state index < -0.39 is 10.0 Å². The fourth-order valence-electron chi connectivity index (χ4n) is 3.04. The van der Waals surface area contributed by atoms with Crippen LogP contribution in [0.2, 0.25) is 0 Å². The van der Waals surface area contributed by atoms with E-state index in [9.17, 15) is 13.2 Å². The normalized spacial score (nSPS) is 14.1. The molecule has 1 amide bonds. The van der Waals surface area contributed by atoms with Crippen LogP contribution in [-0.4, -0.2) is 65.2 Å². The number of fused-ring (bicyclic) bond motifs is 1. The van der Waals surface area contributed by atoms with Gasteiger partial charge in [0.25, 0.3) is 0 Å². The molecule has 2 rings (SSSR count). The lowest BCUT2D eigenvalue weighted by atomic mass is 10.2. The van der Waals surface area contributed by atoms with E-state index in [0.29, 0.717) is 26.2 Å². The molecule has 8 heteroatoms. The summed E-state index contributed by atoms with van der Waals surface area (Å²) in [6.07, 6.45) is 0.673. The zero-order chi connectivity index (χ0) is 19.2. The molecule has 1 N–H and O–H groups in total. The SMILES string of the molecule is CCN(CC)CCOCCNS(=O)(=O)c1ccc2c(c1)CCN2C(C)=O. The van der Waals surface area contributed by atoms with Crippen LogP contribution in [0, 0.1) is 0 Å². The van der Waals surface area contributed by atoms with Crippen molar-refractivity contribution in [3.05, 3.63) is 23.8 Å². The molecule has 1 aliphatic heterocycles. The molecule has 0 fully saturated rings. The van der Waals surface area contributed by atoms with Crippen LogP contribution in [0.25, 0.3) is 0 Å². The van der Waals surface area contributed by atoms with Gasteiger partial charge < -0.3 is 14.5 Å². The van der Waals surface area contributed by atoms with Gasteiger partial charge in [0.1, 0.15) is 0 Å². The average molecular weight is 384 g/mol. The Bertz CT molecular complexity index is 717. The predicted molar refractivity (Wildman–Crippen MR) is 102 cm³/mol. The van der Waals surface area contributed by atoms with E-state index >= 15 is 0 Å². The number of anilines is 1. The molecule has 7 nitrogen and oxygen atoms in total. The third kappa shape index (κ3) is 5.26. The van der Waals surface area contributed by atoms with E-state index in [1.165, 1.54) is 6.92 Å². The summed E-state index contributed by atoms with van der Waals surface area (Å²) >= 11 is 0. The number of rotatable bonds is 10. The molecule has 1 aromatic carbocycles. The van der Waals surface area contributed by atoms with Crippen LogP contribution in [0.1, 0.15) is 26.3 Å². The zero-order valence-corrected chi connectivity index (χ0v) is 16.6. The number of hydrogen-bond acceptors (Lipinski definition) is 5. The second-order valence-electron chi connectivity index (χ2n) is 6.25. The second kappa shape index (κ2) is 9.45. The maximum atomic E-state index is 12.4. The Labute approximate surface area is 156 Å². The number of sulfonamides is 1. The van der Waals surface area contributed by atoms with Crippen LogP contribution in [-0.2, 0) is 26.0 Å². The number of amides is 1. The number of likely N-dealkylation sites (N-methyl/N-ethyl adjacent to an activating group) is 1. The Hall–Kier alpha value is -1.48. The number of carbonyl (C=O) groups is 1. The molecular weight excluding hydrogens is 354 g/mol. The van der Waals surface area contributed by atoms with Crippen LogP contribution >= 0.6 is 0 Å². The maximum Gasteiger partial charge on any atom is 0.240 e. The summed E-state index contributed by atoms with van der Waals surface area (Å²) in [7, 11) is -3.58. The summed E-state index contributed by atoms with van der Waals surface area (Å²) in [4.78, 5) is 15.7. The predicted octanol–water partition coefficient (Wildman–Crippen LogP) is 1.23. The molecular formula is C18H29N3O4S. The summed E-state index contributed by atoms with van der Waals surface area (Å²) in [6.45, 7) is 10.3. The lowest BCUT2D eigenvalue weighted by molar-refractivity contribution is -0.116. The molecule has 1 aromatic rings. The van der Waals surface area contributed by atoms with Crippen LogP contribution in [0.15, 0.2) is 23.1 Å². The van der Waals surface area contributed by atoms with Crippen molar-refractivity contribution in [2.24, 2.45) is 0 Å². The van der Waals surface area contributed by atoms with Gasteiger partial charge in [-0.05, 0) is 43.3 Å². The zero-order valence-electron chi connectivity index (χ0n) is 15.8. The topological polar surface area (TPSA) is 79.0 Å². The first kappa shape index (κ1) is 20.8. The van der Waals surface area contributed by atoms with Gasteiger partial charge >= 0.3 is 0 Å². The smallest absolute Gasteiger partial charge is 0.240 e. The van der Waals surface area contributed by atoms with Crippen molar-refractivity contribution < 1.29 is 17.9 Å². The molecule has 146 valence electrons. The van der Waals surface area contributed by atoms with Gasteiger partial charge in [-0.15, -0.1) is 0 Å². The summed E-state index contributed by atoms with van der Waals surface area (Å²) in [5.74, 6) is -0.0284. The molecule has 26 heavy (non-hydrogen) atoms. The van der Waals surface area contributed by atoms with Crippen LogP contribution in [0.5, 0.6) is 0 Å². The molecule has 0 aromatic heterocycles. The van der Waals surface area contributed by atoms with Crippen molar-refractivity contribution >= 4 is 21.6 Å². The van der Waals surface area contributed by atoms with Crippen molar-refractivity contribution in [3.8, 4) is 0 Å². The Morgan fingerprint density at radius 1 is 1.27 bits per heavy atom. The van der Waals surface area contributed by atoms with E-state index in [1.807, 2.05) is 0 Å². The molecule has 0 saturated carbocycles. The lowest BCUT2D eigenvalue weighted by Gasteiger charge is -2.17. The molecule has 0 radical (unpaired) electrons. The van der Waals surface area contributed by atoms with Crippen molar-refractivity contribution in [3.63, 3.8) is 0 Å². The van der Waals surface area contributed by atoms with Gasteiger partial charge in [0, 0.05) is 32.2 Å². The summed E-state index contributed by atoms with van der Waals surface area (Å²) in [5.41, 5.74) is 1.69. The monoisotopic (exact) mass is 383 g/mol.